The lowest BCUT2D eigenvalue weighted by Gasteiger charge is -2.33. The normalized spacial score (nSPS) is 25.1. The van der Waals surface area contributed by atoms with Crippen LogP contribution in [0.15, 0.2) is 18.3 Å². The molecule has 1 aromatic rings. The van der Waals surface area contributed by atoms with Crippen molar-refractivity contribution in [3.63, 3.8) is 0 Å². The fraction of sp³-hybridized carbons (Fsp3) is 0.750. The molecule has 0 aromatic carbocycles. The summed E-state index contributed by atoms with van der Waals surface area (Å²) in [7, 11) is 2.14. The van der Waals surface area contributed by atoms with Crippen LogP contribution in [0.3, 0.4) is 0 Å². The van der Waals surface area contributed by atoms with Crippen molar-refractivity contribution in [3.8, 4) is 0 Å². The van der Waals surface area contributed by atoms with Gasteiger partial charge in [0.15, 0.2) is 5.11 Å². The number of ether oxygens (including phenoxy) is 1. The Morgan fingerprint density at radius 3 is 2.85 bits per heavy atom. The molecule has 2 N–H and O–H groups in total. The van der Waals surface area contributed by atoms with Crippen molar-refractivity contribution >= 4 is 17.3 Å². The molecule has 0 bridgehead atoms. The minimum atomic E-state index is 0.393. The molecule has 3 rings (SSSR count). The highest BCUT2D eigenvalue weighted by molar-refractivity contribution is 7.80. The minimum Gasteiger partial charge on any atom is -0.370 e. The summed E-state index contributed by atoms with van der Waals surface area (Å²) in [5, 5.41) is 4.48. The summed E-state index contributed by atoms with van der Waals surface area (Å²) in [5.41, 5.74) is 1.38. The summed E-state index contributed by atoms with van der Waals surface area (Å²) >= 11 is 5.82. The predicted molar refractivity (Wildman–Crippen MR) is 109 cm³/mol. The van der Waals surface area contributed by atoms with Gasteiger partial charge >= 0.3 is 0 Å². The topological polar surface area (TPSA) is 33.9 Å². The van der Waals surface area contributed by atoms with Gasteiger partial charge < -0.3 is 24.4 Å². The second kappa shape index (κ2) is 9.72. The maximum Gasteiger partial charge on any atom is 0.169 e. The standard InChI is InChI=1S/C20H34N4OS/c1-17-6-7-19(18-5-3-10-22(18)2)24(12-8-17)20(26)21-9-4-11-23-13-15-25-16-14-23/h3,5,10,17,19H,4,6-9,11-16H2,1-2H3,(H,21,26)/p+1/t17-,19-/m0/s1. The lowest BCUT2D eigenvalue weighted by molar-refractivity contribution is -0.908. The number of likely N-dealkylation sites (tertiary alicyclic amines) is 1. The van der Waals surface area contributed by atoms with E-state index in [9.17, 15) is 0 Å². The molecule has 0 unspecified atom stereocenters. The number of hydrogen-bond donors (Lipinski definition) is 2. The van der Waals surface area contributed by atoms with Gasteiger partial charge in [-0.15, -0.1) is 0 Å². The first kappa shape index (κ1) is 19.6. The van der Waals surface area contributed by atoms with Gasteiger partial charge in [-0.05, 0) is 49.5 Å². The molecule has 2 fully saturated rings. The molecule has 2 aliphatic heterocycles. The number of nitrogens with zero attached hydrogens (tertiary/aromatic N) is 2. The number of quaternary nitrogens is 1. The Bertz CT molecular complexity index is 570. The maximum atomic E-state index is 5.82. The molecule has 0 aliphatic carbocycles. The van der Waals surface area contributed by atoms with Crippen molar-refractivity contribution in [1.29, 1.82) is 0 Å². The van der Waals surface area contributed by atoms with Crippen LogP contribution in [0.4, 0.5) is 0 Å². The van der Waals surface area contributed by atoms with Gasteiger partial charge in [-0.25, -0.2) is 0 Å². The van der Waals surface area contributed by atoms with E-state index in [1.165, 1.54) is 31.5 Å². The molecular weight excluding hydrogens is 344 g/mol. The molecule has 0 spiro atoms. The lowest BCUT2D eigenvalue weighted by Crippen LogP contribution is -3.14. The molecule has 6 heteroatoms. The van der Waals surface area contributed by atoms with E-state index in [0.29, 0.717) is 6.04 Å². The van der Waals surface area contributed by atoms with Gasteiger partial charge in [0.25, 0.3) is 0 Å². The molecule has 1 aromatic heterocycles. The minimum absolute atomic E-state index is 0.393. The molecule has 2 aliphatic rings. The van der Waals surface area contributed by atoms with Crippen molar-refractivity contribution in [1.82, 2.24) is 14.8 Å². The van der Waals surface area contributed by atoms with Gasteiger partial charge in [-0.3, -0.25) is 0 Å². The lowest BCUT2D eigenvalue weighted by atomic mass is 10.0. The third-order valence-electron chi connectivity index (χ3n) is 5.94. The van der Waals surface area contributed by atoms with Crippen LogP contribution in [0.25, 0.3) is 0 Å². The van der Waals surface area contributed by atoms with E-state index in [1.54, 1.807) is 4.90 Å². The Morgan fingerprint density at radius 2 is 2.12 bits per heavy atom. The highest BCUT2D eigenvalue weighted by Gasteiger charge is 2.28. The third kappa shape index (κ3) is 5.21. The van der Waals surface area contributed by atoms with E-state index in [4.69, 9.17) is 17.0 Å². The first-order valence-corrected chi connectivity index (χ1v) is 10.6. The number of hydrogen-bond acceptors (Lipinski definition) is 2. The molecule has 2 atom stereocenters. The SMILES string of the molecule is C[C@H]1CC[C@@H](c2cccn2C)N(C(=S)NCCC[NH+]2CCOCC2)CC1. The molecule has 26 heavy (non-hydrogen) atoms. The van der Waals surface area contributed by atoms with Crippen LogP contribution >= 0.6 is 12.2 Å². The number of morpholine rings is 1. The molecular formula is C20H35N4OS+. The zero-order valence-corrected chi connectivity index (χ0v) is 17.2. The van der Waals surface area contributed by atoms with Crippen LogP contribution in [-0.4, -0.2) is 60.5 Å². The number of rotatable bonds is 5. The number of nitrogens with one attached hydrogen (secondary N) is 2. The van der Waals surface area contributed by atoms with Crippen LogP contribution < -0.4 is 10.2 Å². The fourth-order valence-corrected chi connectivity index (χ4v) is 4.49. The summed E-state index contributed by atoms with van der Waals surface area (Å²) < 4.78 is 7.68. The first-order chi connectivity index (χ1) is 12.6. The number of thiocarbonyl (C=S) groups is 1. The van der Waals surface area contributed by atoms with Gasteiger partial charge in [0, 0.05) is 38.4 Å². The monoisotopic (exact) mass is 379 g/mol. The largest absolute Gasteiger partial charge is 0.370 e. The zero-order valence-electron chi connectivity index (χ0n) is 16.4. The number of aryl methyl sites for hydroxylation is 1. The Labute approximate surface area is 163 Å². The van der Waals surface area contributed by atoms with Crippen molar-refractivity contribution in [2.24, 2.45) is 13.0 Å². The average Bonchev–Trinajstić information content (AvgIpc) is 2.98. The summed E-state index contributed by atoms with van der Waals surface area (Å²) in [5.74, 6) is 0.774. The van der Waals surface area contributed by atoms with Crippen molar-refractivity contribution in [2.45, 2.75) is 38.6 Å². The molecule has 0 saturated carbocycles. The van der Waals surface area contributed by atoms with E-state index in [0.717, 1.165) is 56.8 Å². The highest BCUT2D eigenvalue weighted by atomic mass is 32.1. The van der Waals surface area contributed by atoms with E-state index < -0.39 is 0 Å². The van der Waals surface area contributed by atoms with Crippen LogP contribution in [0, 0.1) is 5.92 Å². The molecule has 146 valence electrons. The summed E-state index contributed by atoms with van der Waals surface area (Å²) in [6, 6.07) is 4.78. The predicted octanol–water partition coefficient (Wildman–Crippen LogP) is 1.37. The van der Waals surface area contributed by atoms with Crippen LogP contribution in [0.1, 0.15) is 44.3 Å². The van der Waals surface area contributed by atoms with E-state index in [2.05, 4.69) is 47.1 Å². The summed E-state index contributed by atoms with van der Waals surface area (Å²) in [4.78, 5) is 4.10. The van der Waals surface area contributed by atoms with Crippen LogP contribution in [-0.2, 0) is 11.8 Å². The molecule has 0 radical (unpaired) electrons. The molecule has 3 heterocycles. The summed E-state index contributed by atoms with van der Waals surface area (Å²) in [6.45, 7) is 9.70. The second-order valence-electron chi connectivity index (χ2n) is 7.92. The van der Waals surface area contributed by atoms with Crippen LogP contribution in [0.2, 0.25) is 0 Å². The van der Waals surface area contributed by atoms with E-state index >= 15 is 0 Å². The maximum absolute atomic E-state index is 5.82. The third-order valence-corrected chi connectivity index (χ3v) is 6.32. The smallest absolute Gasteiger partial charge is 0.169 e. The van der Waals surface area contributed by atoms with Gasteiger partial charge in [0.1, 0.15) is 13.1 Å². The Hall–Kier alpha value is -1.11. The van der Waals surface area contributed by atoms with Gasteiger partial charge in [-0.2, -0.15) is 0 Å². The quantitative estimate of drug-likeness (QED) is 0.598. The molecule has 5 nitrogen and oxygen atoms in total. The van der Waals surface area contributed by atoms with Crippen LogP contribution in [0.5, 0.6) is 0 Å². The second-order valence-corrected chi connectivity index (χ2v) is 8.31. The zero-order chi connectivity index (χ0) is 18.4. The van der Waals surface area contributed by atoms with Gasteiger partial charge in [0.05, 0.1) is 25.8 Å². The fourth-order valence-electron chi connectivity index (χ4n) is 4.17. The Balaban J connectivity index is 1.53. The molecule has 2 saturated heterocycles. The van der Waals surface area contributed by atoms with E-state index in [-0.39, 0.29) is 0 Å². The average molecular weight is 380 g/mol. The van der Waals surface area contributed by atoms with Crippen molar-refractivity contribution < 1.29 is 9.64 Å². The highest BCUT2D eigenvalue weighted by Crippen LogP contribution is 2.32. The first-order valence-electron chi connectivity index (χ1n) is 10.2. The van der Waals surface area contributed by atoms with E-state index in [1.807, 2.05) is 0 Å². The Morgan fingerprint density at radius 1 is 1.31 bits per heavy atom. The molecule has 0 amide bonds. The summed E-state index contributed by atoms with van der Waals surface area (Å²) in [6.07, 6.45) is 6.98. The van der Waals surface area contributed by atoms with Gasteiger partial charge in [0.2, 0.25) is 0 Å². The van der Waals surface area contributed by atoms with Crippen molar-refractivity contribution in [3.05, 3.63) is 24.0 Å². The van der Waals surface area contributed by atoms with Crippen molar-refractivity contribution in [2.75, 3.05) is 45.9 Å². The van der Waals surface area contributed by atoms with Gasteiger partial charge in [-0.1, -0.05) is 6.92 Å². The Kier molecular flexibility index (Phi) is 7.34. The number of aromatic nitrogens is 1.